The molecule has 0 radical (unpaired) electrons. The van der Waals surface area contributed by atoms with Crippen LogP contribution >= 0.6 is 0 Å². The molecular formula is C34H47N5O. The van der Waals surface area contributed by atoms with Crippen molar-refractivity contribution >= 4 is 33.7 Å². The van der Waals surface area contributed by atoms with Gasteiger partial charge in [0.15, 0.2) is 5.82 Å². The van der Waals surface area contributed by atoms with Crippen molar-refractivity contribution in [3.05, 3.63) is 65.5 Å². The van der Waals surface area contributed by atoms with Crippen LogP contribution in [0.15, 0.2) is 48.5 Å². The fourth-order valence-electron chi connectivity index (χ4n) is 5.14. The fraction of sp³-hybridized carbons (Fsp3) is 0.500. The van der Waals surface area contributed by atoms with Gasteiger partial charge in [-0.15, -0.1) is 0 Å². The number of carbonyl (C=O) groups is 1. The molecule has 2 heterocycles. The van der Waals surface area contributed by atoms with Gasteiger partial charge in [0.25, 0.3) is 0 Å². The van der Waals surface area contributed by atoms with Crippen LogP contribution in [0, 0.1) is 0 Å². The summed E-state index contributed by atoms with van der Waals surface area (Å²) in [5, 5.41) is 7.82. The number of hydrogen-bond acceptors (Lipinski definition) is 4. The summed E-state index contributed by atoms with van der Waals surface area (Å²) < 4.78 is 2.39. The van der Waals surface area contributed by atoms with E-state index in [9.17, 15) is 4.79 Å². The first-order valence-corrected chi connectivity index (χ1v) is 15.2. The molecule has 40 heavy (non-hydrogen) atoms. The Morgan fingerprint density at radius 3 is 2.27 bits per heavy atom. The van der Waals surface area contributed by atoms with Crippen molar-refractivity contribution in [2.75, 3.05) is 5.32 Å². The molecule has 0 aliphatic heterocycles. The van der Waals surface area contributed by atoms with Gasteiger partial charge in [-0.3, -0.25) is 4.79 Å². The largest absolute Gasteiger partial charge is 0.364 e. The van der Waals surface area contributed by atoms with E-state index in [4.69, 9.17) is 9.97 Å². The molecule has 2 aromatic carbocycles. The Morgan fingerprint density at radius 2 is 1.55 bits per heavy atom. The number of benzene rings is 2. The van der Waals surface area contributed by atoms with E-state index < -0.39 is 0 Å². The van der Waals surface area contributed by atoms with Crippen molar-refractivity contribution in [1.29, 1.82) is 0 Å². The number of imidazole rings is 1. The van der Waals surface area contributed by atoms with Crippen LogP contribution in [0.5, 0.6) is 0 Å². The Balaban J connectivity index is 1.57. The molecule has 0 fully saturated rings. The maximum Gasteiger partial charge on any atom is 0.220 e. The van der Waals surface area contributed by atoms with Crippen molar-refractivity contribution in [3.63, 3.8) is 0 Å². The molecule has 0 unspecified atom stereocenters. The molecule has 0 atom stereocenters. The van der Waals surface area contributed by atoms with Gasteiger partial charge < -0.3 is 15.2 Å². The third-order valence-corrected chi connectivity index (χ3v) is 7.27. The quantitative estimate of drug-likeness (QED) is 0.158. The topological polar surface area (TPSA) is 71.8 Å². The molecule has 0 saturated carbocycles. The second kappa shape index (κ2) is 13.8. The average Bonchev–Trinajstić information content (AvgIpc) is 3.29. The Bertz CT molecular complexity index is 1400. The van der Waals surface area contributed by atoms with Crippen molar-refractivity contribution < 1.29 is 4.79 Å². The Hall–Kier alpha value is -3.41. The molecule has 6 nitrogen and oxygen atoms in total. The third-order valence-electron chi connectivity index (χ3n) is 7.27. The summed E-state index contributed by atoms with van der Waals surface area (Å²) in [5.74, 6) is 2.09. The molecule has 2 N–H and O–H groups in total. The molecule has 0 saturated heterocycles. The van der Waals surface area contributed by atoms with Crippen LogP contribution in [0.2, 0.25) is 0 Å². The molecule has 0 spiro atoms. The van der Waals surface area contributed by atoms with E-state index in [1.54, 1.807) is 0 Å². The van der Waals surface area contributed by atoms with Gasteiger partial charge in [-0.25, -0.2) is 9.97 Å². The lowest BCUT2D eigenvalue weighted by Crippen LogP contribution is -2.26. The number of nitrogens with zero attached hydrogens (tertiary/aromatic N) is 3. The van der Waals surface area contributed by atoms with Crippen molar-refractivity contribution in [1.82, 2.24) is 19.9 Å². The van der Waals surface area contributed by atoms with Crippen LogP contribution in [0.3, 0.4) is 0 Å². The molecule has 4 rings (SSSR count). The third kappa shape index (κ3) is 7.83. The van der Waals surface area contributed by atoms with Gasteiger partial charge in [-0.2, -0.15) is 0 Å². The number of para-hydroxylation sites is 1. The molecule has 1 amide bonds. The Kier molecular flexibility index (Phi) is 10.2. The summed E-state index contributed by atoms with van der Waals surface area (Å²) in [5.41, 5.74) is 5.26. The standard InChI is InChI=1S/C34H47N5O/c1-6-8-10-11-12-18-30(40)35-23-25-19-21-26(22-20-25)24-39-29(17-9-7-2)37-31-32(39)27-15-13-14-16-28(27)36-33(31)38-34(3,4)5/h13-16,19-22H,6-12,17-18,23-24H2,1-5H3,(H,35,40)(H,36,38). The number of amides is 1. The van der Waals surface area contributed by atoms with Crippen LogP contribution < -0.4 is 10.6 Å². The van der Waals surface area contributed by atoms with Crippen molar-refractivity contribution in [3.8, 4) is 0 Å². The SMILES string of the molecule is CCCCCCCC(=O)NCc1ccc(Cn2c(CCCC)nc3c(NC(C)(C)C)nc4ccccc4c32)cc1. The van der Waals surface area contributed by atoms with Crippen LogP contribution in [0.25, 0.3) is 21.9 Å². The van der Waals surface area contributed by atoms with Crippen molar-refractivity contribution in [2.45, 2.75) is 111 Å². The number of aromatic nitrogens is 3. The van der Waals surface area contributed by atoms with E-state index in [0.717, 1.165) is 77.8 Å². The monoisotopic (exact) mass is 541 g/mol. The lowest BCUT2D eigenvalue weighted by atomic mass is 10.1. The first-order valence-electron chi connectivity index (χ1n) is 15.2. The predicted octanol–water partition coefficient (Wildman–Crippen LogP) is 8.16. The molecular weight excluding hydrogens is 494 g/mol. The normalized spacial score (nSPS) is 11.8. The number of fused-ring (bicyclic) bond motifs is 3. The molecule has 0 aliphatic carbocycles. The summed E-state index contributed by atoms with van der Waals surface area (Å²) in [4.78, 5) is 22.4. The highest BCUT2D eigenvalue weighted by molar-refractivity contribution is 6.07. The number of anilines is 1. The first kappa shape index (κ1) is 29.6. The number of pyridine rings is 1. The second-order valence-electron chi connectivity index (χ2n) is 12.0. The van der Waals surface area contributed by atoms with E-state index >= 15 is 0 Å². The van der Waals surface area contributed by atoms with Crippen LogP contribution in [-0.4, -0.2) is 26.0 Å². The van der Waals surface area contributed by atoms with Crippen LogP contribution in [0.1, 0.15) is 103 Å². The number of unbranched alkanes of at least 4 members (excludes halogenated alkanes) is 5. The highest BCUT2D eigenvalue weighted by atomic mass is 16.1. The van der Waals surface area contributed by atoms with Gasteiger partial charge in [-0.05, 0) is 50.8 Å². The minimum atomic E-state index is -0.129. The van der Waals surface area contributed by atoms with Gasteiger partial charge in [0.2, 0.25) is 5.91 Å². The number of rotatable bonds is 14. The van der Waals surface area contributed by atoms with Gasteiger partial charge in [0.05, 0.1) is 11.0 Å². The zero-order chi connectivity index (χ0) is 28.5. The van der Waals surface area contributed by atoms with E-state index in [-0.39, 0.29) is 11.4 Å². The molecule has 6 heteroatoms. The highest BCUT2D eigenvalue weighted by Crippen LogP contribution is 2.32. The summed E-state index contributed by atoms with van der Waals surface area (Å²) in [7, 11) is 0. The maximum atomic E-state index is 12.3. The Morgan fingerprint density at radius 1 is 0.850 bits per heavy atom. The zero-order valence-electron chi connectivity index (χ0n) is 25.1. The first-order chi connectivity index (χ1) is 19.3. The van der Waals surface area contributed by atoms with Crippen molar-refractivity contribution in [2.24, 2.45) is 0 Å². The predicted molar refractivity (Wildman–Crippen MR) is 168 cm³/mol. The molecule has 2 aromatic heterocycles. The highest BCUT2D eigenvalue weighted by Gasteiger charge is 2.21. The average molecular weight is 542 g/mol. The van der Waals surface area contributed by atoms with Gasteiger partial charge in [0, 0.05) is 36.9 Å². The van der Waals surface area contributed by atoms with Crippen LogP contribution in [0.4, 0.5) is 5.82 Å². The lowest BCUT2D eigenvalue weighted by Gasteiger charge is -2.22. The number of aryl methyl sites for hydroxylation is 1. The molecule has 0 bridgehead atoms. The summed E-state index contributed by atoms with van der Waals surface area (Å²) in [6, 6.07) is 17.0. The Labute approximate surface area is 240 Å². The minimum Gasteiger partial charge on any atom is -0.364 e. The number of hydrogen-bond donors (Lipinski definition) is 2. The van der Waals surface area contributed by atoms with E-state index in [1.165, 1.54) is 24.8 Å². The number of nitrogens with one attached hydrogen (secondary N) is 2. The minimum absolute atomic E-state index is 0.129. The molecule has 4 aromatic rings. The zero-order valence-corrected chi connectivity index (χ0v) is 25.1. The van der Waals surface area contributed by atoms with Gasteiger partial charge >= 0.3 is 0 Å². The molecule has 214 valence electrons. The fourth-order valence-corrected chi connectivity index (χ4v) is 5.14. The van der Waals surface area contributed by atoms with E-state index in [2.05, 4.69) is 92.3 Å². The van der Waals surface area contributed by atoms with E-state index in [0.29, 0.717) is 13.0 Å². The van der Waals surface area contributed by atoms with Gasteiger partial charge in [0.1, 0.15) is 11.3 Å². The van der Waals surface area contributed by atoms with E-state index in [1.807, 2.05) is 6.07 Å². The second-order valence-corrected chi connectivity index (χ2v) is 12.0. The summed E-state index contributed by atoms with van der Waals surface area (Å²) in [6.07, 6.45) is 9.57. The smallest absolute Gasteiger partial charge is 0.220 e. The molecule has 0 aliphatic rings. The maximum absolute atomic E-state index is 12.3. The van der Waals surface area contributed by atoms with Gasteiger partial charge in [-0.1, -0.05) is 88.4 Å². The summed E-state index contributed by atoms with van der Waals surface area (Å²) >= 11 is 0. The lowest BCUT2D eigenvalue weighted by molar-refractivity contribution is -0.121. The summed E-state index contributed by atoms with van der Waals surface area (Å²) in [6.45, 7) is 12.2. The van der Waals surface area contributed by atoms with Crippen LogP contribution in [-0.2, 0) is 24.3 Å². The number of carbonyl (C=O) groups excluding carboxylic acids is 1.